The zero-order valence-corrected chi connectivity index (χ0v) is 40.7. The quantitative estimate of drug-likeness (QED) is 0.0408. The molecule has 2 aromatic rings. The van der Waals surface area contributed by atoms with E-state index in [9.17, 15) is 39.5 Å². The van der Waals surface area contributed by atoms with E-state index in [0.29, 0.717) is 83.8 Å². The molecular weight excluding hydrogens is 986 g/mol. The predicted molar refractivity (Wildman–Crippen MR) is 236 cm³/mol. The van der Waals surface area contributed by atoms with Crippen molar-refractivity contribution in [3.05, 3.63) is 58.2 Å². The first-order valence-corrected chi connectivity index (χ1v) is 25.7. The van der Waals surface area contributed by atoms with Gasteiger partial charge in [-0.25, -0.2) is 8.78 Å². The minimum absolute atomic E-state index is 0.0207. The van der Waals surface area contributed by atoms with Crippen LogP contribution in [-0.2, 0) is 36.6 Å². The van der Waals surface area contributed by atoms with Crippen LogP contribution in [0.25, 0.3) is 0 Å². The number of alkyl halides is 9. The number of rotatable bonds is 27. The van der Waals surface area contributed by atoms with E-state index in [-0.39, 0.29) is 29.6 Å². The zero-order chi connectivity index (χ0) is 50.8. The van der Waals surface area contributed by atoms with E-state index < -0.39 is 96.4 Å². The third-order valence-electron chi connectivity index (χ3n) is 13.5. The van der Waals surface area contributed by atoms with Gasteiger partial charge in [0.25, 0.3) is 0 Å². The molecule has 22 heteroatoms. The van der Waals surface area contributed by atoms with Crippen LogP contribution in [0.15, 0.2) is 18.2 Å². The number of hydrogen-bond donors (Lipinski definition) is 1. The van der Waals surface area contributed by atoms with Crippen molar-refractivity contribution in [2.24, 2.45) is 23.2 Å². The molecule has 0 amide bonds. The third kappa shape index (κ3) is 13.9. The fourth-order valence-electron chi connectivity index (χ4n) is 10.1. The Balaban J connectivity index is 1.05. The smallest absolute Gasteiger partial charge is 0.435 e. The normalized spacial score (nSPS) is 22.5. The summed E-state index contributed by atoms with van der Waals surface area (Å²) in [6.45, 7) is 6.50. The van der Waals surface area contributed by atoms with Crippen molar-refractivity contribution in [1.29, 1.82) is 0 Å². The average Bonchev–Trinajstić information content (AvgIpc) is 3.61. The van der Waals surface area contributed by atoms with Crippen molar-refractivity contribution >= 4 is 21.6 Å². The Morgan fingerprint density at radius 1 is 0.768 bits per heavy atom. The first-order valence-electron chi connectivity index (χ1n) is 23.2. The van der Waals surface area contributed by atoms with Gasteiger partial charge in [-0.15, -0.1) is 0 Å². The molecule has 6 atom stereocenters. The van der Waals surface area contributed by atoms with Gasteiger partial charge in [0.05, 0.1) is 38.6 Å². The van der Waals surface area contributed by atoms with E-state index in [2.05, 4.69) is 10.1 Å². The number of benzene rings is 2. The van der Waals surface area contributed by atoms with Crippen LogP contribution < -0.4 is 10.1 Å². The number of ether oxygens (including phenoxy) is 6. The summed E-state index contributed by atoms with van der Waals surface area (Å²) >= 11 is 0. The molecule has 0 radical (unpaired) electrons. The molecule has 2 saturated carbocycles. The van der Waals surface area contributed by atoms with Crippen molar-refractivity contribution < 1.29 is 85.5 Å². The Morgan fingerprint density at radius 3 is 2.10 bits per heavy atom. The van der Waals surface area contributed by atoms with Crippen molar-refractivity contribution in [2.75, 3.05) is 64.8 Å². The summed E-state index contributed by atoms with van der Waals surface area (Å²) in [5.41, 5.74) is -5.75. The second kappa shape index (κ2) is 25.1. The number of hydrogen-bond acceptors (Lipinski definition) is 9. The van der Waals surface area contributed by atoms with Gasteiger partial charge in [0.15, 0.2) is 11.6 Å². The molecule has 0 spiro atoms. The van der Waals surface area contributed by atoms with Gasteiger partial charge in [0.2, 0.25) is 17.4 Å². The van der Waals surface area contributed by atoms with Gasteiger partial charge in [0.1, 0.15) is 5.75 Å². The van der Waals surface area contributed by atoms with E-state index in [1.54, 1.807) is 40.8 Å². The van der Waals surface area contributed by atoms with Crippen molar-refractivity contribution in [2.45, 2.75) is 134 Å². The lowest BCUT2D eigenvalue weighted by molar-refractivity contribution is -0.457. The fourth-order valence-corrected chi connectivity index (χ4v) is 12.1. The maximum Gasteiger partial charge on any atom is 0.435 e. The molecule has 6 unspecified atom stereocenters. The number of halogens is 13. The molecule has 2 fully saturated rings. The summed E-state index contributed by atoms with van der Waals surface area (Å²) in [7, 11) is 4.94. The minimum Gasteiger partial charge on any atom is -0.451 e. The van der Waals surface area contributed by atoms with E-state index >= 15 is 17.6 Å². The van der Waals surface area contributed by atoms with Crippen LogP contribution in [0.2, 0.25) is 0 Å². The SMILES string of the molecule is COCC(CCCOCCSSCCCNCc1c(F)c(F)c(Oc2ccc3c(c2)CCC2C3CCC3(C)C(OCCCOC(C(F)(F)F)(C(F)(F)F)C(F)(F)F)CCC23)c(F)c1F)COC(C)C. The maximum absolute atomic E-state index is 15.3. The maximum atomic E-state index is 15.3. The van der Waals surface area contributed by atoms with Crippen LogP contribution in [0.1, 0.15) is 101 Å². The van der Waals surface area contributed by atoms with Gasteiger partial charge in [-0.1, -0.05) is 34.6 Å². The molecule has 69 heavy (non-hydrogen) atoms. The van der Waals surface area contributed by atoms with Gasteiger partial charge >= 0.3 is 24.1 Å². The summed E-state index contributed by atoms with van der Waals surface area (Å²) in [6.07, 6.45) is -15.2. The van der Waals surface area contributed by atoms with E-state index in [4.69, 9.17) is 23.7 Å². The van der Waals surface area contributed by atoms with Crippen molar-refractivity contribution in [1.82, 2.24) is 5.32 Å². The van der Waals surface area contributed by atoms with Crippen molar-refractivity contribution in [3.63, 3.8) is 0 Å². The van der Waals surface area contributed by atoms with Gasteiger partial charge in [-0.3, -0.25) is 0 Å². The number of nitrogens with one attached hydrogen (secondary N) is 1. The summed E-state index contributed by atoms with van der Waals surface area (Å²) in [6, 6.07) is 4.82. The largest absolute Gasteiger partial charge is 0.451 e. The highest BCUT2D eigenvalue weighted by Crippen LogP contribution is 2.62. The number of aryl methyl sites for hydroxylation is 1. The predicted octanol–water partition coefficient (Wildman–Crippen LogP) is 13.5. The summed E-state index contributed by atoms with van der Waals surface area (Å²) in [5.74, 6) is -5.56. The Bertz CT molecular complexity index is 1880. The van der Waals surface area contributed by atoms with Crippen LogP contribution in [0.5, 0.6) is 11.5 Å². The number of fused-ring (bicyclic) bond motifs is 5. The van der Waals surface area contributed by atoms with Crippen LogP contribution >= 0.6 is 21.6 Å². The van der Waals surface area contributed by atoms with E-state index in [1.807, 2.05) is 20.8 Å². The molecule has 0 aromatic heterocycles. The van der Waals surface area contributed by atoms with E-state index in [1.165, 1.54) is 6.07 Å². The minimum atomic E-state index is -6.81. The van der Waals surface area contributed by atoms with Gasteiger partial charge in [0, 0.05) is 49.9 Å². The first-order chi connectivity index (χ1) is 32.5. The molecule has 7 nitrogen and oxygen atoms in total. The molecular formula is C47H62F13NO6S2. The zero-order valence-electron chi connectivity index (χ0n) is 39.0. The summed E-state index contributed by atoms with van der Waals surface area (Å²) < 4.78 is 212. The molecule has 0 aliphatic heterocycles. The molecule has 0 heterocycles. The molecule has 2 aromatic carbocycles. The molecule has 0 saturated heterocycles. The third-order valence-corrected chi connectivity index (χ3v) is 16.0. The van der Waals surface area contributed by atoms with Crippen LogP contribution in [-0.4, -0.2) is 101 Å². The Kier molecular flexibility index (Phi) is 21.0. The second-order valence-corrected chi connectivity index (χ2v) is 21.1. The number of methoxy groups -OCH3 is 1. The highest BCUT2D eigenvalue weighted by molar-refractivity contribution is 8.76. The highest BCUT2D eigenvalue weighted by Gasteiger charge is 2.85. The molecule has 1 N–H and O–H groups in total. The first kappa shape index (κ1) is 57.7. The lowest BCUT2D eigenvalue weighted by atomic mass is 9.55. The molecule has 5 rings (SSSR count). The molecule has 3 aliphatic rings. The highest BCUT2D eigenvalue weighted by atomic mass is 33.1. The van der Waals surface area contributed by atoms with Gasteiger partial charge in [-0.2, -0.15) is 48.3 Å². The van der Waals surface area contributed by atoms with Gasteiger partial charge in [-0.05, 0) is 131 Å². The van der Waals surface area contributed by atoms with Crippen molar-refractivity contribution in [3.8, 4) is 11.5 Å². The second-order valence-electron chi connectivity index (χ2n) is 18.4. The molecule has 3 aliphatic carbocycles. The fraction of sp³-hybridized carbons (Fsp3) is 0.745. The summed E-state index contributed by atoms with van der Waals surface area (Å²) in [5, 5.41) is 2.85. The van der Waals surface area contributed by atoms with E-state index in [0.717, 1.165) is 35.5 Å². The molecule has 0 bridgehead atoms. The van der Waals surface area contributed by atoms with Crippen LogP contribution in [0.4, 0.5) is 57.1 Å². The Morgan fingerprint density at radius 2 is 1.45 bits per heavy atom. The summed E-state index contributed by atoms with van der Waals surface area (Å²) in [4.78, 5) is 0. The molecule has 394 valence electrons. The lowest BCUT2D eigenvalue weighted by Gasteiger charge is -2.50. The lowest BCUT2D eigenvalue weighted by Crippen LogP contribution is -2.67. The monoisotopic (exact) mass is 1050 g/mol. The standard InChI is InChI=1S/C47H62F13NO6S2/c1-28(2)65-27-29(26-62-4)8-5-18-63-21-23-69-68-22-6-17-61-25-35-38(48)40(50)42(41(51)39(35)49)67-31-10-12-32-30(24-31)9-11-34-33(32)15-16-43(3)36(34)13-14-37(43)64-19-7-20-66-44(45(52,53)54,46(55,56)57)47(58,59)60/h10,12,24,28-29,33-34,36-37,61H,5-9,11,13-23,25-27H2,1-4H3. The van der Waals surface area contributed by atoms with Gasteiger partial charge < -0.3 is 33.7 Å². The topological polar surface area (TPSA) is 67.4 Å². The van der Waals surface area contributed by atoms with Crippen LogP contribution in [0, 0.1) is 46.4 Å². The Hall–Kier alpha value is -2.21. The average molecular weight is 1050 g/mol. The Labute approximate surface area is 402 Å². The van der Waals surface area contributed by atoms with Crippen LogP contribution in [0.3, 0.4) is 0 Å².